The summed E-state index contributed by atoms with van der Waals surface area (Å²) < 4.78 is 6.05. The lowest BCUT2D eigenvalue weighted by atomic mass is 9.73. The number of ether oxygens (including phenoxy) is 1. The first-order valence-corrected chi connectivity index (χ1v) is 10.5. The van der Waals surface area contributed by atoms with Crippen molar-refractivity contribution in [3.05, 3.63) is 48.7 Å². The molecular weight excluding hydrogens is 346 g/mol. The van der Waals surface area contributed by atoms with E-state index in [1.807, 2.05) is 18.3 Å². The van der Waals surface area contributed by atoms with E-state index >= 15 is 0 Å². The van der Waals surface area contributed by atoms with E-state index in [1.54, 1.807) is 0 Å². The molecule has 5 rings (SSSR count). The minimum absolute atomic E-state index is 0.0167. The van der Waals surface area contributed by atoms with E-state index in [1.165, 1.54) is 12.0 Å². The van der Waals surface area contributed by atoms with Crippen LogP contribution in [0.25, 0.3) is 10.9 Å². The summed E-state index contributed by atoms with van der Waals surface area (Å²) >= 11 is 0. The highest BCUT2D eigenvalue weighted by Crippen LogP contribution is 2.41. The number of aromatic nitrogens is 1. The van der Waals surface area contributed by atoms with E-state index in [9.17, 15) is 0 Å². The number of piperidine rings is 3. The van der Waals surface area contributed by atoms with Gasteiger partial charge in [-0.2, -0.15) is 0 Å². The molecule has 28 heavy (non-hydrogen) atoms. The van der Waals surface area contributed by atoms with Crippen LogP contribution in [-0.2, 0) is 0 Å². The van der Waals surface area contributed by atoms with E-state index in [0.717, 1.165) is 42.1 Å². The van der Waals surface area contributed by atoms with Crippen molar-refractivity contribution >= 4 is 10.9 Å². The van der Waals surface area contributed by atoms with Crippen LogP contribution in [-0.4, -0.2) is 35.6 Å². The average molecular weight is 380 g/mol. The van der Waals surface area contributed by atoms with Gasteiger partial charge in [-0.1, -0.05) is 26.8 Å². The first kappa shape index (κ1) is 19.4. The number of nitrogens with zero attached hydrogens (tertiary/aromatic N) is 2. The Balaban J connectivity index is 1.62. The number of rotatable bonds is 5. The largest absolute Gasteiger partial charge is 0.493 e. The summed E-state index contributed by atoms with van der Waals surface area (Å²) in [5.41, 5.74) is 9.15. The van der Waals surface area contributed by atoms with E-state index in [0.29, 0.717) is 18.6 Å². The fourth-order valence-corrected chi connectivity index (χ4v) is 4.78. The molecule has 4 heteroatoms. The first-order valence-electron chi connectivity index (χ1n) is 10.5. The number of nitrogens with two attached hydrogens (primary N) is 1. The molecule has 3 saturated heterocycles. The van der Waals surface area contributed by atoms with Crippen molar-refractivity contribution in [1.82, 2.24) is 9.88 Å². The van der Waals surface area contributed by atoms with E-state index in [2.05, 4.69) is 55.4 Å². The van der Waals surface area contributed by atoms with Crippen molar-refractivity contribution in [2.45, 2.75) is 45.7 Å². The van der Waals surface area contributed by atoms with Crippen molar-refractivity contribution < 1.29 is 4.74 Å². The number of pyridine rings is 1. The summed E-state index contributed by atoms with van der Waals surface area (Å²) in [6.07, 6.45) is 6.44. The fraction of sp³-hybridized carbons (Fsp3) is 0.542. The highest BCUT2D eigenvalue weighted by Gasteiger charge is 2.41. The standard InChI is InChI=1S/C24H33N3O/c1-5-16-14-27-11-9-17(16)12-22(27)23(25)19-8-10-26-21-7-6-18(13-20(19)21)28-15-24(2,3)4/h5-8,10,13,16-17,22-23H,1,9,11-12,14-15,25H2,2-4H3/t16-,17-,22-,23-/m0/s1. The van der Waals surface area contributed by atoms with Crippen molar-refractivity contribution in [3.8, 4) is 5.75 Å². The lowest BCUT2D eigenvalue weighted by Crippen LogP contribution is -2.56. The zero-order valence-electron chi connectivity index (χ0n) is 17.4. The van der Waals surface area contributed by atoms with Gasteiger partial charge in [-0.15, -0.1) is 6.58 Å². The van der Waals surface area contributed by atoms with E-state index < -0.39 is 0 Å². The molecule has 0 aliphatic carbocycles. The van der Waals surface area contributed by atoms with Crippen LogP contribution >= 0.6 is 0 Å². The summed E-state index contributed by atoms with van der Waals surface area (Å²) in [6.45, 7) is 13.5. The number of hydrogen-bond acceptors (Lipinski definition) is 4. The summed E-state index contributed by atoms with van der Waals surface area (Å²) in [4.78, 5) is 7.13. The highest BCUT2D eigenvalue weighted by atomic mass is 16.5. The summed E-state index contributed by atoms with van der Waals surface area (Å²) in [5, 5.41) is 1.12. The average Bonchev–Trinajstić information content (AvgIpc) is 2.70. The molecule has 0 spiro atoms. The normalized spacial score (nSPS) is 28.3. The van der Waals surface area contributed by atoms with Gasteiger partial charge in [-0.3, -0.25) is 9.88 Å². The van der Waals surface area contributed by atoms with Crippen LogP contribution in [0.5, 0.6) is 5.75 Å². The molecule has 3 fully saturated rings. The van der Waals surface area contributed by atoms with Crippen molar-refractivity contribution in [2.24, 2.45) is 23.0 Å². The van der Waals surface area contributed by atoms with Gasteiger partial charge in [0, 0.05) is 30.2 Å². The maximum absolute atomic E-state index is 6.87. The molecule has 3 aliphatic rings. The Bertz CT molecular complexity index is 857. The van der Waals surface area contributed by atoms with Crippen LogP contribution in [0.15, 0.2) is 43.1 Å². The van der Waals surface area contributed by atoms with Gasteiger partial charge in [0.2, 0.25) is 0 Å². The molecule has 1 unspecified atom stereocenters. The predicted molar refractivity (Wildman–Crippen MR) is 115 cm³/mol. The molecule has 2 bridgehead atoms. The second-order valence-electron chi connectivity index (χ2n) is 9.70. The minimum atomic E-state index is -0.0167. The molecule has 2 aromatic rings. The zero-order chi connectivity index (χ0) is 19.9. The van der Waals surface area contributed by atoms with Gasteiger partial charge >= 0.3 is 0 Å². The van der Waals surface area contributed by atoms with E-state index in [4.69, 9.17) is 10.5 Å². The lowest BCUT2D eigenvalue weighted by molar-refractivity contribution is 0.00749. The van der Waals surface area contributed by atoms with Crippen LogP contribution in [0.4, 0.5) is 0 Å². The number of benzene rings is 1. The van der Waals surface area contributed by atoms with Gasteiger partial charge in [-0.05, 0) is 66.5 Å². The Morgan fingerprint density at radius 1 is 1.36 bits per heavy atom. The Labute approximate surface area is 168 Å². The lowest BCUT2D eigenvalue weighted by Gasteiger charge is -2.51. The number of hydrogen-bond donors (Lipinski definition) is 1. The quantitative estimate of drug-likeness (QED) is 0.774. The SMILES string of the molecule is C=C[C@H]1CN2CC[C@H]1C[C@H]2[C@@H](N)c1ccnc2ccc(OCC(C)(C)C)cc12. The molecule has 1 aromatic carbocycles. The Hall–Kier alpha value is -1.91. The topological polar surface area (TPSA) is 51.4 Å². The molecule has 0 saturated carbocycles. The van der Waals surface area contributed by atoms with Crippen LogP contribution in [0.1, 0.15) is 45.2 Å². The number of fused-ring (bicyclic) bond motifs is 4. The maximum atomic E-state index is 6.87. The fourth-order valence-electron chi connectivity index (χ4n) is 4.78. The Morgan fingerprint density at radius 2 is 2.18 bits per heavy atom. The molecule has 4 nitrogen and oxygen atoms in total. The zero-order valence-corrected chi connectivity index (χ0v) is 17.4. The Kier molecular flexibility index (Phi) is 5.19. The third-order valence-corrected chi connectivity index (χ3v) is 6.35. The van der Waals surface area contributed by atoms with Gasteiger partial charge in [-0.25, -0.2) is 0 Å². The summed E-state index contributed by atoms with van der Waals surface area (Å²) in [6, 6.07) is 8.64. The van der Waals surface area contributed by atoms with Crippen LogP contribution in [0.3, 0.4) is 0 Å². The third-order valence-electron chi connectivity index (χ3n) is 6.35. The van der Waals surface area contributed by atoms with Gasteiger partial charge < -0.3 is 10.5 Å². The minimum Gasteiger partial charge on any atom is -0.493 e. The van der Waals surface area contributed by atoms with Crippen molar-refractivity contribution in [2.75, 3.05) is 19.7 Å². The highest BCUT2D eigenvalue weighted by molar-refractivity contribution is 5.84. The van der Waals surface area contributed by atoms with Crippen molar-refractivity contribution in [1.29, 1.82) is 0 Å². The summed E-state index contributed by atoms with van der Waals surface area (Å²) in [5.74, 6) is 2.22. The Morgan fingerprint density at radius 3 is 2.86 bits per heavy atom. The monoisotopic (exact) mass is 379 g/mol. The molecule has 1 aromatic heterocycles. The second kappa shape index (κ2) is 7.49. The predicted octanol–water partition coefficient (Wildman–Crippen LogP) is 4.56. The molecule has 3 aliphatic heterocycles. The van der Waals surface area contributed by atoms with Crippen LogP contribution in [0, 0.1) is 17.3 Å². The van der Waals surface area contributed by atoms with Gasteiger partial charge in [0.1, 0.15) is 5.75 Å². The molecular formula is C24H33N3O. The second-order valence-corrected chi connectivity index (χ2v) is 9.70. The maximum Gasteiger partial charge on any atom is 0.120 e. The molecule has 5 atom stereocenters. The molecule has 2 N–H and O–H groups in total. The van der Waals surface area contributed by atoms with Crippen molar-refractivity contribution in [3.63, 3.8) is 0 Å². The molecule has 4 heterocycles. The first-order chi connectivity index (χ1) is 13.4. The van der Waals surface area contributed by atoms with E-state index in [-0.39, 0.29) is 11.5 Å². The molecule has 150 valence electrons. The third kappa shape index (κ3) is 3.81. The van der Waals surface area contributed by atoms with Gasteiger partial charge in [0.05, 0.1) is 12.1 Å². The molecule has 0 amide bonds. The smallest absolute Gasteiger partial charge is 0.120 e. The van der Waals surface area contributed by atoms with Crippen LogP contribution in [0.2, 0.25) is 0 Å². The molecule has 0 radical (unpaired) electrons. The van der Waals surface area contributed by atoms with Crippen LogP contribution < -0.4 is 10.5 Å². The van der Waals surface area contributed by atoms with Gasteiger partial charge in [0.15, 0.2) is 0 Å². The van der Waals surface area contributed by atoms with Gasteiger partial charge in [0.25, 0.3) is 0 Å². The summed E-state index contributed by atoms with van der Waals surface area (Å²) in [7, 11) is 0.